The van der Waals surface area contributed by atoms with Gasteiger partial charge in [-0.05, 0) is 12.0 Å². The normalized spacial score (nSPS) is 10.4. The van der Waals surface area contributed by atoms with Crippen LogP contribution in [0.5, 0.6) is 0 Å². The van der Waals surface area contributed by atoms with Crippen molar-refractivity contribution in [3.63, 3.8) is 0 Å². The summed E-state index contributed by atoms with van der Waals surface area (Å²) >= 11 is 1.52. The number of nitrogens with zero attached hydrogens (tertiary/aromatic N) is 1. The molecule has 0 unspecified atom stereocenters. The molecule has 4 nitrogen and oxygen atoms in total. The van der Waals surface area contributed by atoms with E-state index in [2.05, 4.69) is 22.4 Å². The number of carbonyl (C=O) groups is 1. The van der Waals surface area contributed by atoms with Crippen LogP contribution >= 0.6 is 11.3 Å². The highest BCUT2D eigenvalue weighted by molar-refractivity contribution is 7.09. The Labute approximate surface area is 122 Å². The number of methoxy groups -OCH3 is 1. The molecule has 0 saturated heterocycles. The zero-order valence-electron chi connectivity index (χ0n) is 11.5. The Morgan fingerprint density at radius 1 is 1.35 bits per heavy atom. The van der Waals surface area contributed by atoms with Crippen LogP contribution in [0, 0.1) is 0 Å². The van der Waals surface area contributed by atoms with E-state index in [1.165, 1.54) is 16.9 Å². The molecule has 1 aromatic heterocycles. The van der Waals surface area contributed by atoms with Gasteiger partial charge >= 0.3 is 0 Å². The summed E-state index contributed by atoms with van der Waals surface area (Å²) in [7, 11) is 1.65. The predicted molar refractivity (Wildman–Crippen MR) is 80.2 cm³/mol. The zero-order chi connectivity index (χ0) is 14.2. The van der Waals surface area contributed by atoms with Gasteiger partial charge in [0.05, 0.1) is 5.01 Å². The van der Waals surface area contributed by atoms with Crippen LogP contribution in [0.2, 0.25) is 0 Å². The van der Waals surface area contributed by atoms with Gasteiger partial charge in [0.2, 0.25) is 0 Å². The minimum absolute atomic E-state index is 0.114. The second-order valence-electron chi connectivity index (χ2n) is 4.39. The molecular weight excluding hydrogens is 272 g/mol. The summed E-state index contributed by atoms with van der Waals surface area (Å²) in [6, 6.07) is 10.1. The lowest BCUT2D eigenvalue weighted by Gasteiger charge is -2.02. The van der Waals surface area contributed by atoms with Crippen LogP contribution in [-0.4, -0.2) is 31.2 Å². The van der Waals surface area contributed by atoms with Crippen molar-refractivity contribution < 1.29 is 9.53 Å². The van der Waals surface area contributed by atoms with Crippen molar-refractivity contribution in [3.8, 4) is 0 Å². The van der Waals surface area contributed by atoms with Gasteiger partial charge in [0.15, 0.2) is 0 Å². The topological polar surface area (TPSA) is 51.2 Å². The van der Waals surface area contributed by atoms with Crippen molar-refractivity contribution in [1.29, 1.82) is 0 Å². The Balaban J connectivity index is 1.87. The Morgan fingerprint density at radius 3 is 2.90 bits per heavy atom. The first kappa shape index (κ1) is 14.7. The molecule has 1 aromatic carbocycles. The molecule has 0 spiro atoms. The van der Waals surface area contributed by atoms with Crippen LogP contribution in [-0.2, 0) is 11.2 Å². The summed E-state index contributed by atoms with van der Waals surface area (Å²) in [4.78, 5) is 16.2. The first-order valence-electron chi connectivity index (χ1n) is 6.55. The molecule has 1 heterocycles. The van der Waals surface area contributed by atoms with Crippen LogP contribution < -0.4 is 5.32 Å². The summed E-state index contributed by atoms with van der Waals surface area (Å²) < 4.78 is 4.93. The zero-order valence-corrected chi connectivity index (χ0v) is 12.3. The number of benzene rings is 1. The summed E-state index contributed by atoms with van der Waals surface area (Å²) in [5, 5.41) is 5.60. The molecule has 1 amide bonds. The van der Waals surface area contributed by atoms with Crippen LogP contribution in [0.15, 0.2) is 35.7 Å². The fraction of sp³-hybridized carbons (Fsp3) is 0.333. The average molecular weight is 290 g/mol. The van der Waals surface area contributed by atoms with Crippen molar-refractivity contribution in [2.75, 3.05) is 20.3 Å². The van der Waals surface area contributed by atoms with Gasteiger partial charge in [0.1, 0.15) is 5.69 Å². The molecule has 0 aliphatic rings. The number of aromatic nitrogens is 1. The maximum atomic E-state index is 11.9. The van der Waals surface area contributed by atoms with E-state index < -0.39 is 0 Å². The second-order valence-corrected chi connectivity index (χ2v) is 5.33. The lowest BCUT2D eigenvalue weighted by atomic mass is 10.2. The van der Waals surface area contributed by atoms with Crippen molar-refractivity contribution >= 4 is 17.2 Å². The number of hydrogen-bond donors (Lipinski definition) is 1. The molecule has 2 rings (SSSR count). The van der Waals surface area contributed by atoms with Crippen molar-refractivity contribution in [1.82, 2.24) is 10.3 Å². The maximum Gasteiger partial charge on any atom is 0.270 e. The van der Waals surface area contributed by atoms with Gasteiger partial charge in [0, 0.05) is 32.1 Å². The molecule has 0 fully saturated rings. The third-order valence-electron chi connectivity index (χ3n) is 2.79. The van der Waals surface area contributed by atoms with Gasteiger partial charge in [0.25, 0.3) is 5.91 Å². The van der Waals surface area contributed by atoms with Gasteiger partial charge in [-0.25, -0.2) is 4.98 Å². The third kappa shape index (κ3) is 4.43. The number of nitrogens with one attached hydrogen (secondary N) is 1. The Hall–Kier alpha value is -1.72. The Bertz CT molecular complexity index is 540. The highest BCUT2D eigenvalue weighted by Crippen LogP contribution is 2.14. The van der Waals surface area contributed by atoms with Crippen LogP contribution in [0.1, 0.15) is 27.5 Å². The number of carbonyl (C=O) groups excluding carboxylic acids is 1. The lowest BCUT2D eigenvalue weighted by molar-refractivity contribution is 0.0944. The van der Waals surface area contributed by atoms with Gasteiger partial charge in [-0.1, -0.05) is 30.3 Å². The van der Waals surface area contributed by atoms with E-state index >= 15 is 0 Å². The minimum Gasteiger partial charge on any atom is -0.385 e. The monoisotopic (exact) mass is 290 g/mol. The summed E-state index contributed by atoms with van der Waals surface area (Å²) in [6.07, 6.45) is 1.58. The van der Waals surface area contributed by atoms with E-state index in [1.54, 1.807) is 7.11 Å². The number of rotatable bonds is 7. The summed E-state index contributed by atoms with van der Waals surface area (Å²) in [5.74, 6) is -0.114. The van der Waals surface area contributed by atoms with Crippen molar-refractivity contribution in [2.45, 2.75) is 12.8 Å². The second kappa shape index (κ2) is 7.77. The largest absolute Gasteiger partial charge is 0.385 e. The standard InChI is InChI=1S/C15H18N2O2S/c1-19-9-5-8-16-15(18)13-11-20-14(17-13)10-12-6-3-2-4-7-12/h2-4,6-7,11H,5,8-10H2,1H3,(H,16,18). The van der Waals surface area contributed by atoms with Gasteiger partial charge in [-0.3, -0.25) is 4.79 Å². The molecule has 5 heteroatoms. The van der Waals surface area contributed by atoms with Crippen molar-refractivity contribution in [3.05, 3.63) is 52.0 Å². The highest BCUT2D eigenvalue weighted by atomic mass is 32.1. The molecule has 20 heavy (non-hydrogen) atoms. The Morgan fingerprint density at radius 2 is 2.15 bits per heavy atom. The first-order chi connectivity index (χ1) is 9.79. The number of amides is 1. The third-order valence-corrected chi connectivity index (χ3v) is 3.64. The minimum atomic E-state index is -0.114. The van der Waals surface area contributed by atoms with Gasteiger partial charge < -0.3 is 10.1 Å². The molecule has 106 valence electrons. The smallest absolute Gasteiger partial charge is 0.270 e. The molecule has 1 N–H and O–H groups in total. The highest BCUT2D eigenvalue weighted by Gasteiger charge is 2.10. The van der Waals surface area contributed by atoms with E-state index in [4.69, 9.17) is 4.74 Å². The average Bonchev–Trinajstić information content (AvgIpc) is 2.93. The van der Waals surface area contributed by atoms with Crippen LogP contribution in [0.3, 0.4) is 0 Å². The lowest BCUT2D eigenvalue weighted by Crippen LogP contribution is -2.25. The summed E-state index contributed by atoms with van der Waals surface area (Å²) in [6.45, 7) is 1.26. The van der Waals surface area contributed by atoms with Crippen molar-refractivity contribution in [2.24, 2.45) is 0 Å². The number of hydrogen-bond acceptors (Lipinski definition) is 4. The SMILES string of the molecule is COCCCNC(=O)c1csc(Cc2ccccc2)n1. The molecule has 0 aliphatic carbocycles. The molecular formula is C15H18N2O2S. The Kier molecular flexibility index (Phi) is 5.70. The fourth-order valence-corrected chi connectivity index (χ4v) is 2.58. The number of thiazole rings is 1. The predicted octanol–water partition coefficient (Wildman–Crippen LogP) is 2.50. The quantitative estimate of drug-likeness (QED) is 0.797. The maximum absolute atomic E-state index is 11.9. The van der Waals surface area contributed by atoms with E-state index in [0.29, 0.717) is 18.8 Å². The van der Waals surface area contributed by atoms with E-state index in [0.717, 1.165) is 17.8 Å². The molecule has 0 aliphatic heterocycles. The first-order valence-corrected chi connectivity index (χ1v) is 7.43. The van der Waals surface area contributed by atoms with Crippen LogP contribution in [0.4, 0.5) is 0 Å². The molecule has 0 bridgehead atoms. The molecule has 0 radical (unpaired) electrons. The van der Waals surface area contributed by atoms with Gasteiger partial charge in [-0.15, -0.1) is 11.3 Å². The molecule has 0 saturated carbocycles. The van der Waals surface area contributed by atoms with E-state index in [-0.39, 0.29) is 5.91 Å². The molecule has 0 atom stereocenters. The van der Waals surface area contributed by atoms with Crippen LogP contribution in [0.25, 0.3) is 0 Å². The number of ether oxygens (including phenoxy) is 1. The molecule has 2 aromatic rings. The van der Waals surface area contributed by atoms with Gasteiger partial charge in [-0.2, -0.15) is 0 Å². The van der Waals surface area contributed by atoms with E-state index in [9.17, 15) is 4.79 Å². The fourth-order valence-electron chi connectivity index (χ4n) is 1.78. The van der Waals surface area contributed by atoms with E-state index in [1.807, 2.05) is 23.6 Å². The summed E-state index contributed by atoms with van der Waals surface area (Å²) in [5.41, 5.74) is 1.70.